The van der Waals surface area contributed by atoms with Crippen LogP contribution in [-0.4, -0.2) is 18.5 Å². The topological polar surface area (TPSA) is 55.4 Å². The molecule has 0 aromatic heterocycles. The lowest BCUT2D eigenvalue weighted by Crippen LogP contribution is -2.31. The van der Waals surface area contributed by atoms with Crippen molar-refractivity contribution in [1.82, 2.24) is 5.32 Å². The summed E-state index contributed by atoms with van der Waals surface area (Å²) >= 11 is 5.91. The second-order valence-corrected chi connectivity index (χ2v) is 5.71. The highest BCUT2D eigenvalue weighted by Crippen LogP contribution is 2.17. The van der Waals surface area contributed by atoms with Crippen molar-refractivity contribution < 1.29 is 18.7 Å². The van der Waals surface area contributed by atoms with Gasteiger partial charge in [0, 0.05) is 5.02 Å². The monoisotopic (exact) mass is 349 g/mol. The normalized spacial score (nSPS) is 11.6. The van der Waals surface area contributed by atoms with Crippen LogP contribution in [0.15, 0.2) is 48.5 Å². The molecule has 0 fully saturated rings. The quantitative estimate of drug-likeness (QED) is 0.813. The average Bonchev–Trinajstić information content (AvgIpc) is 2.55. The molecule has 0 saturated heterocycles. The van der Waals surface area contributed by atoms with E-state index >= 15 is 0 Å². The second kappa shape index (κ2) is 8.45. The van der Waals surface area contributed by atoms with Crippen LogP contribution in [0.4, 0.5) is 4.39 Å². The van der Waals surface area contributed by atoms with Gasteiger partial charge in [-0.3, -0.25) is 9.59 Å². The van der Waals surface area contributed by atoms with E-state index in [1.54, 1.807) is 31.2 Å². The molecule has 0 unspecified atom stereocenters. The molecule has 0 aliphatic heterocycles. The van der Waals surface area contributed by atoms with Gasteiger partial charge in [0.15, 0.2) is 6.61 Å². The highest BCUT2D eigenvalue weighted by molar-refractivity contribution is 6.30. The smallest absolute Gasteiger partial charge is 0.310 e. The summed E-state index contributed by atoms with van der Waals surface area (Å²) in [5.41, 5.74) is 1.07. The van der Waals surface area contributed by atoms with Gasteiger partial charge in [0.2, 0.25) is 0 Å². The van der Waals surface area contributed by atoms with Gasteiger partial charge in [-0.25, -0.2) is 4.39 Å². The number of benzene rings is 2. The van der Waals surface area contributed by atoms with E-state index in [2.05, 4.69) is 5.32 Å². The van der Waals surface area contributed by atoms with Gasteiger partial charge in [-0.1, -0.05) is 41.9 Å². The highest BCUT2D eigenvalue weighted by atomic mass is 35.5. The molecule has 126 valence electrons. The molecule has 0 spiro atoms. The van der Waals surface area contributed by atoms with Crippen molar-refractivity contribution in [2.24, 2.45) is 0 Å². The zero-order chi connectivity index (χ0) is 17.5. The summed E-state index contributed by atoms with van der Waals surface area (Å²) in [6, 6.07) is 12.8. The molecule has 0 aliphatic carbocycles. The van der Waals surface area contributed by atoms with Crippen LogP contribution in [0.25, 0.3) is 0 Å². The van der Waals surface area contributed by atoms with Gasteiger partial charge in [0.05, 0.1) is 12.5 Å². The molecule has 0 saturated carbocycles. The molecular weight excluding hydrogens is 333 g/mol. The summed E-state index contributed by atoms with van der Waals surface area (Å²) in [6.45, 7) is 1.38. The Labute approximate surface area is 144 Å². The molecule has 2 aromatic carbocycles. The fraction of sp³-hybridized carbons (Fsp3) is 0.222. The van der Waals surface area contributed by atoms with E-state index in [1.807, 2.05) is 6.07 Å². The lowest BCUT2D eigenvalue weighted by Gasteiger charge is -2.14. The minimum absolute atomic E-state index is 0.218. The first kappa shape index (κ1) is 17.9. The molecule has 24 heavy (non-hydrogen) atoms. The molecular formula is C18H17ClFNO3. The Kier molecular flexibility index (Phi) is 6.32. The third-order valence-corrected chi connectivity index (χ3v) is 3.62. The number of amides is 1. The molecule has 1 atom stereocenters. The summed E-state index contributed by atoms with van der Waals surface area (Å²) in [7, 11) is 0. The zero-order valence-electron chi connectivity index (χ0n) is 13.1. The number of carbonyl (C=O) groups excluding carboxylic acids is 2. The number of hydrogen-bond donors (Lipinski definition) is 1. The molecule has 2 rings (SSSR count). The molecule has 0 aliphatic rings. The molecule has 2 aromatic rings. The Morgan fingerprint density at radius 2 is 1.96 bits per heavy atom. The van der Waals surface area contributed by atoms with Crippen molar-refractivity contribution in [1.29, 1.82) is 0 Å². The van der Waals surface area contributed by atoms with Crippen molar-refractivity contribution in [3.05, 3.63) is 70.5 Å². The van der Waals surface area contributed by atoms with E-state index in [4.69, 9.17) is 16.3 Å². The van der Waals surface area contributed by atoms with Crippen molar-refractivity contribution in [3.63, 3.8) is 0 Å². The SMILES string of the molecule is C[C@H](NC(=O)COC(=O)Cc1ccccc1F)c1cccc(Cl)c1. The van der Waals surface area contributed by atoms with Gasteiger partial charge < -0.3 is 10.1 Å². The van der Waals surface area contributed by atoms with Gasteiger partial charge in [-0.05, 0) is 36.2 Å². The second-order valence-electron chi connectivity index (χ2n) is 5.27. The van der Waals surface area contributed by atoms with E-state index in [1.165, 1.54) is 18.2 Å². The predicted molar refractivity (Wildman–Crippen MR) is 89.1 cm³/mol. The molecule has 0 bridgehead atoms. The van der Waals surface area contributed by atoms with Gasteiger partial charge >= 0.3 is 5.97 Å². The van der Waals surface area contributed by atoms with Gasteiger partial charge in [0.25, 0.3) is 5.91 Å². The van der Waals surface area contributed by atoms with Crippen LogP contribution in [0.1, 0.15) is 24.1 Å². The van der Waals surface area contributed by atoms with Crippen LogP contribution in [0.3, 0.4) is 0 Å². The molecule has 1 N–H and O–H groups in total. The van der Waals surface area contributed by atoms with Crippen molar-refractivity contribution in [3.8, 4) is 0 Å². The first-order chi connectivity index (χ1) is 11.5. The summed E-state index contributed by atoms with van der Waals surface area (Å²) in [5, 5.41) is 3.28. The first-order valence-corrected chi connectivity index (χ1v) is 7.77. The van der Waals surface area contributed by atoms with Crippen molar-refractivity contribution >= 4 is 23.5 Å². The Morgan fingerprint density at radius 3 is 2.67 bits per heavy atom. The number of esters is 1. The zero-order valence-corrected chi connectivity index (χ0v) is 13.8. The number of carbonyl (C=O) groups is 2. The molecule has 6 heteroatoms. The van der Waals surface area contributed by atoms with Gasteiger partial charge in [-0.15, -0.1) is 0 Å². The van der Waals surface area contributed by atoms with Crippen molar-refractivity contribution in [2.75, 3.05) is 6.61 Å². The summed E-state index contributed by atoms with van der Waals surface area (Å²) < 4.78 is 18.3. The van der Waals surface area contributed by atoms with E-state index < -0.39 is 24.3 Å². The molecule has 4 nitrogen and oxygen atoms in total. The lowest BCUT2D eigenvalue weighted by molar-refractivity contribution is -0.148. The van der Waals surface area contributed by atoms with E-state index in [9.17, 15) is 14.0 Å². The van der Waals surface area contributed by atoms with E-state index in [0.717, 1.165) is 5.56 Å². The summed E-state index contributed by atoms with van der Waals surface area (Å²) in [5.74, 6) is -1.58. The molecule has 0 heterocycles. The standard InChI is InChI=1S/C18H17ClFNO3/c1-12(13-6-4-7-15(19)9-13)21-17(22)11-24-18(23)10-14-5-2-3-8-16(14)20/h2-9,12H,10-11H2,1H3,(H,21,22)/t12-/m0/s1. The van der Waals surface area contributed by atoms with E-state index in [0.29, 0.717) is 5.02 Å². The van der Waals surface area contributed by atoms with Crippen LogP contribution in [0, 0.1) is 5.82 Å². The minimum Gasteiger partial charge on any atom is -0.455 e. The maximum atomic E-state index is 13.4. The lowest BCUT2D eigenvalue weighted by atomic mass is 10.1. The fourth-order valence-electron chi connectivity index (χ4n) is 2.14. The number of halogens is 2. The van der Waals surface area contributed by atoms with Crippen LogP contribution in [-0.2, 0) is 20.7 Å². The first-order valence-electron chi connectivity index (χ1n) is 7.39. The molecule has 1 amide bonds. The number of hydrogen-bond acceptors (Lipinski definition) is 3. The predicted octanol–water partition coefficient (Wildman–Crippen LogP) is 3.44. The number of ether oxygens (including phenoxy) is 1. The maximum absolute atomic E-state index is 13.4. The van der Waals surface area contributed by atoms with Crippen LogP contribution >= 0.6 is 11.6 Å². The fourth-order valence-corrected chi connectivity index (χ4v) is 2.34. The molecule has 0 radical (unpaired) electrons. The Balaban J connectivity index is 1.80. The van der Waals surface area contributed by atoms with Crippen molar-refractivity contribution in [2.45, 2.75) is 19.4 Å². The third-order valence-electron chi connectivity index (χ3n) is 3.38. The van der Waals surface area contributed by atoms with E-state index in [-0.39, 0.29) is 18.0 Å². The highest BCUT2D eigenvalue weighted by Gasteiger charge is 2.13. The largest absolute Gasteiger partial charge is 0.455 e. The minimum atomic E-state index is -0.661. The average molecular weight is 350 g/mol. The van der Waals surface area contributed by atoms with Gasteiger partial charge in [-0.2, -0.15) is 0 Å². The number of rotatable bonds is 6. The van der Waals surface area contributed by atoms with Crippen LogP contribution in [0.2, 0.25) is 5.02 Å². The summed E-state index contributed by atoms with van der Waals surface area (Å²) in [6.07, 6.45) is -0.218. The van der Waals surface area contributed by atoms with Crippen LogP contribution in [0.5, 0.6) is 0 Å². The Bertz CT molecular complexity index is 736. The Morgan fingerprint density at radius 1 is 1.21 bits per heavy atom. The van der Waals surface area contributed by atoms with Gasteiger partial charge in [0.1, 0.15) is 5.82 Å². The maximum Gasteiger partial charge on any atom is 0.310 e. The van der Waals surface area contributed by atoms with Crippen LogP contribution < -0.4 is 5.32 Å². The number of nitrogens with one attached hydrogen (secondary N) is 1. The summed E-state index contributed by atoms with van der Waals surface area (Å²) in [4.78, 5) is 23.5. The Hall–Kier alpha value is -2.40. The third kappa shape index (κ3) is 5.35.